The molecule has 0 N–H and O–H groups in total. The molecule has 0 saturated carbocycles. The van der Waals surface area contributed by atoms with E-state index in [1.807, 2.05) is 12.1 Å². The Labute approximate surface area is 136 Å². The zero-order valence-electron chi connectivity index (χ0n) is 14.4. The van der Waals surface area contributed by atoms with Gasteiger partial charge in [-0.3, -0.25) is 0 Å². The van der Waals surface area contributed by atoms with Gasteiger partial charge in [-0.25, -0.2) is 0 Å². The van der Waals surface area contributed by atoms with E-state index in [0.29, 0.717) is 0 Å². The van der Waals surface area contributed by atoms with Crippen molar-refractivity contribution in [2.24, 2.45) is 0 Å². The van der Waals surface area contributed by atoms with Crippen LogP contribution in [-0.2, 0) is 0 Å². The lowest BCUT2D eigenvalue weighted by Gasteiger charge is -2.24. The van der Waals surface area contributed by atoms with Crippen LogP contribution < -0.4 is 8.85 Å². The van der Waals surface area contributed by atoms with Crippen molar-refractivity contribution in [3.63, 3.8) is 0 Å². The van der Waals surface area contributed by atoms with Crippen LogP contribution in [0.2, 0.25) is 39.3 Å². The molecule has 0 aliphatic heterocycles. The molecule has 0 atom stereocenters. The first-order chi connectivity index (χ1) is 10.1. The minimum atomic E-state index is -1.66. The molecule has 2 rings (SSSR count). The monoisotopic (exact) mass is 330 g/mol. The Morgan fingerprint density at radius 1 is 0.682 bits per heavy atom. The SMILES string of the molecule is C[Si](C)(C)Oc1ccc(O[Si](C)(C)C)c(-c2ccccc2)c1. The van der Waals surface area contributed by atoms with Crippen molar-refractivity contribution in [1.82, 2.24) is 0 Å². The summed E-state index contributed by atoms with van der Waals surface area (Å²) in [6.07, 6.45) is 0. The van der Waals surface area contributed by atoms with Crippen molar-refractivity contribution in [1.29, 1.82) is 0 Å². The van der Waals surface area contributed by atoms with E-state index in [9.17, 15) is 0 Å². The van der Waals surface area contributed by atoms with Crippen LogP contribution in [0.4, 0.5) is 0 Å². The fourth-order valence-electron chi connectivity index (χ4n) is 2.19. The van der Waals surface area contributed by atoms with Gasteiger partial charge in [0.2, 0.25) is 16.6 Å². The van der Waals surface area contributed by atoms with Crippen molar-refractivity contribution < 1.29 is 8.85 Å². The van der Waals surface area contributed by atoms with Gasteiger partial charge in [0.05, 0.1) is 0 Å². The van der Waals surface area contributed by atoms with Crippen LogP contribution in [0.5, 0.6) is 11.5 Å². The summed E-state index contributed by atoms with van der Waals surface area (Å²) in [5.41, 5.74) is 2.27. The number of hydrogen-bond acceptors (Lipinski definition) is 2. The molecule has 0 bridgehead atoms. The van der Waals surface area contributed by atoms with Gasteiger partial charge in [-0.2, -0.15) is 0 Å². The molecule has 22 heavy (non-hydrogen) atoms. The fraction of sp³-hybridized carbons (Fsp3) is 0.333. The lowest BCUT2D eigenvalue weighted by molar-refractivity contribution is 0.544. The molecule has 2 aromatic carbocycles. The summed E-state index contributed by atoms with van der Waals surface area (Å²) < 4.78 is 12.4. The van der Waals surface area contributed by atoms with Gasteiger partial charge in [-0.15, -0.1) is 0 Å². The number of hydrogen-bond donors (Lipinski definition) is 0. The minimum absolute atomic E-state index is 0.931. The Balaban J connectivity index is 2.46. The second-order valence-electron chi connectivity index (χ2n) is 7.45. The van der Waals surface area contributed by atoms with Gasteiger partial charge in [0.15, 0.2) is 0 Å². The lowest BCUT2D eigenvalue weighted by Crippen LogP contribution is -2.30. The van der Waals surface area contributed by atoms with E-state index < -0.39 is 16.6 Å². The van der Waals surface area contributed by atoms with E-state index in [0.717, 1.165) is 22.6 Å². The summed E-state index contributed by atoms with van der Waals surface area (Å²) in [5, 5.41) is 0. The van der Waals surface area contributed by atoms with E-state index in [1.54, 1.807) is 0 Å². The second-order valence-corrected chi connectivity index (χ2v) is 16.3. The van der Waals surface area contributed by atoms with Gasteiger partial charge in [-0.1, -0.05) is 30.3 Å². The molecule has 0 aliphatic carbocycles. The zero-order valence-corrected chi connectivity index (χ0v) is 16.4. The third kappa shape index (κ3) is 5.03. The maximum absolute atomic E-state index is 6.27. The second kappa shape index (κ2) is 6.30. The van der Waals surface area contributed by atoms with Gasteiger partial charge < -0.3 is 8.85 Å². The zero-order chi connectivity index (χ0) is 16.4. The molecule has 0 fully saturated rings. The molecule has 0 aliphatic rings. The Morgan fingerprint density at radius 3 is 1.82 bits per heavy atom. The molecule has 0 spiro atoms. The highest BCUT2D eigenvalue weighted by Crippen LogP contribution is 2.35. The standard InChI is InChI=1S/C18H26O2Si2/c1-21(2,3)19-16-12-13-18(20-22(4,5)6)17(14-16)15-10-8-7-9-11-15/h7-14H,1-6H3. The largest absolute Gasteiger partial charge is 0.544 e. The van der Waals surface area contributed by atoms with E-state index in [4.69, 9.17) is 8.85 Å². The van der Waals surface area contributed by atoms with Crippen molar-refractivity contribution in [2.45, 2.75) is 39.3 Å². The Bertz CT molecular complexity index is 626. The Morgan fingerprint density at radius 2 is 1.27 bits per heavy atom. The average molecular weight is 331 g/mol. The van der Waals surface area contributed by atoms with Gasteiger partial charge >= 0.3 is 0 Å². The molecule has 0 radical (unpaired) electrons. The van der Waals surface area contributed by atoms with Crippen molar-refractivity contribution in [2.75, 3.05) is 0 Å². The molecular weight excluding hydrogens is 304 g/mol. The van der Waals surface area contributed by atoms with Crippen LogP contribution in [0.25, 0.3) is 11.1 Å². The van der Waals surface area contributed by atoms with E-state index in [2.05, 4.69) is 75.7 Å². The smallest absolute Gasteiger partial charge is 0.242 e. The summed E-state index contributed by atoms with van der Waals surface area (Å²) >= 11 is 0. The van der Waals surface area contributed by atoms with Crippen LogP contribution in [0.3, 0.4) is 0 Å². The van der Waals surface area contributed by atoms with Gasteiger partial charge in [0.25, 0.3) is 0 Å². The first-order valence-electron chi connectivity index (χ1n) is 7.72. The highest BCUT2D eigenvalue weighted by atomic mass is 28.4. The minimum Gasteiger partial charge on any atom is -0.544 e. The van der Waals surface area contributed by atoms with Crippen molar-refractivity contribution in [3.8, 4) is 22.6 Å². The third-order valence-corrected chi connectivity index (χ3v) is 4.56. The highest BCUT2D eigenvalue weighted by Gasteiger charge is 2.21. The molecule has 0 heterocycles. The van der Waals surface area contributed by atoms with Crippen LogP contribution in [0, 0.1) is 0 Å². The van der Waals surface area contributed by atoms with Gasteiger partial charge in [0.1, 0.15) is 11.5 Å². The number of benzene rings is 2. The molecule has 2 aromatic rings. The summed E-state index contributed by atoms with van der Waals surface area (Å²) in [7, 11) is -3.28. The van der Waals surface area contributed by atoms with Crippen LogP contribution in [0.1, 0.15) is 0 Å². The molecule has 0 unspecified atom stereocenters. The maximum Gasteiger partial charge on any atom is 0.242 e. The van der Waals surface area contributed by atoms with Crippen molar-refractivity contribution in [3.05, 3.63) is 48.5 Å². The predicted molar refractivity (Wildman–Crippen MR) is 99.8 cm³/mol. The summed E-state index contributed by atoms with van der Waals surface area (Å²) in [6.45, 7) is 13.2. The summed E-state index contributed by atoms with van der Waals surface area (Å²) in [6, 6.07) is 16.6. The first-order valence-corrected chi connectivity index (χ1v) is 14.5. The predicted octanol–water partition coefficient (Wildman–Crippen LogP) is 5.78. The van der Waals surface area contributed by atoms with Crippen LogP contribution in [0.15, 0.2) is 48.5 Å². The number of rotatable bonds is 5. The van der Waals surface area contributed by atoms with Gasteiger partial charge in [-0.05, 0) is 63.0 Å². The molecule has 0 saturated heterocycles. The lowest BCUT2D eigenvalue weighted by atomic mass is 10.0. The van der Waals surface area contributed by atoms with Crippen LogP contribution >= 0.6 is 0 Å². The van der Waals surface area contributed by atoms with Crippen molar-refractivity contribution >= 4 is 16.6 Å². The topological polar surface area (TPSA) is 18.5 Å². The average Bonchev–Trinajstić information content (AvgIpc) is 2.38. The van der Waals surface area contributed by atoms with Crippen LogP contribution in [-0.4, -0.2) is 16.6 Å². The van der Waals surface area contributed by atoms with E-state index in [-0.39, 0.29) is 0 Å². The maximum atomic E-state index is 6.27. The summed E-state index contributed by atoms with van der Waals surface area (Å²) in [4.78, 5) is 0. The molecule has 0 amide bonds. The summed E-state index contributed by atoms with van der Waals surface area (Å²) in [5.74, 6) is 1.88. The first kappa shape index (κ1) is 16.8. The Hall–Kier alpha value is -1.53. The molecule has 0 aromatic heterocycles. The molecule has 2 nitrogen and oxygen atoms in total. The Kier molecular flexibility index (Phi) is 4.82. The molecule has 4 heteroatoms. The highest BCUT2D eigenvalue weighted by molar-refractivity contribution is 6.70. The quantitative estimate of drug-likeness (QED) is 0.647. The molecule has 118 valence electrons. The normalized spacial score (nSPS) is 12.1. The third-order valence-electron chi connectivity index (χ3n) is 2.88. The fourth-order valence-corrected chi connectivity index (χ4v) is 3.86. The van der Waals surface area contributed by atoms with E-state index >= 15 is 0 Å². The van der Waals surface area contributed by atoms with Gasteiger partial charge in [0, 0.05) is 5.56 Å². The molecular formula is C18H26O2Si2. The van der Waals surface area contributed by atoms with E-state index in [1.165, 1.54) is 0 Å².